The lowest BCUT2D eigenvalue weighted by Crippen LogP contribution is -2.36. The van der Waals surface area contributed by atoms with Crippen LogP contribution in [0, 0.1) is 12.7 Å². The van der Waals surface area contributed by atoms with Gasteiger partial charge in [0.15, 0.2) is 5.82 Å². The van der Waals surface area contributed by atoms with Crippen molar-refractivity contribution in [3.05, 3.63) is 90.8 Å². The zero-order valence-electron chi connectivity index (χ0n) is 20.8. The van der Waals surface area contributed by atoms with Crippen molar-refractivity contribution in [3.63, 3.8) is 0 Å². The van der Waals surface area contributed by atoms with Gasteiger partial charge in [-0.2, -0.15) is 0 Å². The lowest BCUT2D eigenvalue weighted by molar-refractivity contribution is 0.122. The summed E-state index contributed by atoms with van der Waals surface area (Å²) in [7, 11) is 0. The molecule has 0 spiro atoms. The van der Waals surface area contributed by atoms with Crippen LogP contribution >= 0.6 is 0 Å². The Kier molecular flexibility index (Phi) is 6.45. The molecule has 190 valence electrons. The Morgan fingerprint density at radius 3 is 2.53 bits per heavy atom. The highest BCUT2D eigenvalue weighted by Gasteiger charge is 2.14. The quantitative estimate of drug-likeness (QED) is 0.349. The number of hydrogen-bond acceptors (Lipinski definition) is 8. The number of aryl methyl sites for hydroxylation is 1. The van der Waals surface area contributed by atoms with Gasteiger partial charge in [-0.05, 0) is 67.6 Å². The molecule has 0 saturated carbocycles. The van der Waals surface area contributed by atoms with Crippen LogP contribution in [0.5, 0.6) is 0 Å². The van der Waals surface area contributed by atoms with Crippen molar-refractivity contribution in [2.75, 3.05) is 36.5 Å². The first-order valence-electron chi connectivity index (χ1n) is 12.3. The van der Waals surface area contributed by atoms with Crippen LogP contribution in [0.3, 0.4) is 0 Å². The summed E-state index contributed by atoms with van der Waals surface area (Å²) >= 11 is 0. The number of morpholine rings is 1. The third-order valence-electron chi connectivity index (χ3n) is 6.21. The predicted molar refractivity (Wildman–Crippen MR) is 143 cm³/mol. The molecule has 1 fully saturated rings. The number of rotatable bonds is 6. The molecule has 0 amide bonds. The van der Waals surface area contributed by atoms with Gasteiger partial charge in [-0.3, -0.25) is 0 Å². The molecule has 38 heavy (non-hydrogen) atoms. The number of aromatic nitrogens is 6. The first-order valence-corrected chi connectivity index (χ1v) is 12.3. The Labute approximate surface area is 219 Å². The van der Waals surface area contributed by atoms with Gasteiger partial charge in [-0.15, -0.1) is 5.10 Å². The van der Waals surface area contributed by atoms with Crippen LogP contribution in [0.15, 0.2) is 79.3 Å². The number of ether oxygens (including phenoxy) is 1. The van der Waals surface area contributed by atoms with Crippen LogP contribution in [0.4, 0.5) is 21.7 Å². The molecule has 0 bridgehead atoms. The van der Waals surface area contributed by atoms with Gasteiger partial charge < -0.3 is 15.0 Å². The molecule has 1 aliphatic rings. The Morgan fingerprint density at radius 1 is 0.868 bits per heavy atom. The molecule has 6 rings (SSSR count). The van der Waals surface area contributed by atoms with Crippen LogP contribution in [0.1, 0.15) is 5.69 Å². The van der Waals surface area contributed by atoms with E-state index in [2.05, 4.69) is 35.3 Å². The van der Waals surface area contributed by atoms with Crippen molar-refractivity contribution >= 4 is 17.3 Å². The van der Waals surface area contributed by atoms with Gasteiger partial charge in [0, 0.05) is 41.9 Å². The molecule has 5 aromatic rings. The van der Waals surface area contributed by atoms with E-state index < -0.39 is 0 Å². The maximum atomic E-state index is 14.5. The van der Waals surface area contributed by atoms with Gasteiger partial charge in [0.05, 0.1) is 24.6 Å². The predicted octanol–water partition coefficient (Wildman–Crippen LogP) is 4.81. The highest BCUT2D eigenvalue weighted by atomic mass is 19.1. The Bertz CT molecular complexity index is 1560. The van der Waals surface area contributed by atoms with Crippen LogP contribution in [0.25, 0.3) is 28.5 Å². The fourth-order valence-electron chi connectivity index (χ4n) is 4.30. The fraction of sp³-hybridized carbons (Fsp3) is 0.179. The highest BCUT2D eigenvalue weighted by Crippen LogP contribution is 2.27. The van der Waals surface area contributed by atoms with E-state index in [1.165, 1.54) is 6.07 Å². The van der Waals surface area contributed by atoms with Gasteiger partial charge in [0.2, 0.25) is 5.95 Å². The summed E-state index contributed by atoms with van der Waals surface area (Å²) in [6.07, 6.45) is 3.33. The maximum Gasteiger partial charge on any atom is 0.227 e. The first-order chi connectivity index (χ1) is 18.6. The second-order valence-electron chi connectivity index (χ2n) is 8.91. The van der Waals surface area contributed by atoms with Crippen molar-refractivity contribution in [3.8, 4) is 28.5 Å². The SMILES string of the molecule is Cc1cccc(-c2ncn(-c3ccc(Nc4nccc(-c5cc(F)cc(N6CCOCC6)c5)n4)cc3)n2)n1. The van der Waals surface area contributed by atoms with Crippen LogP contribution < -0.4 is 10.2 Å². The molecular formula is C28H25FN8O. The molecule has 1 aliphatic heterocycles. The van der Waals surface area contributed by atoms with Crippen LogP contribution in [0.2, 0.25) is 0 Å². The van der Waals surface area contributed by atoms with Gasteiger partial charge in [0.1, 0.15) is 17.8 Å². The van der Waals surface area contributed by atoms with Crippen molar-refractivity contribution < 1.29 is 9.13 Å². The number of anilines is 3. The van der Waals surface area contributed by atoms with Crippen molar-refractivity contribution in [2.45, 2.75) is 6.92 Å². The minimum atomic E-state index is -0.304. The minimum Gasteiger partial charge on any atom is -0.378 e. The standard InChI is InChI=1S/C28H25FN8O/c1-19-3-2-4-26(32-19)27-31-18-37(35-27)23-7-5-22(6-8-23)33-28-30-10-9-25(34-28)20-15-21(29)17-24(16-20)36-11-13-38-14-12-36/h2-10,15-18H,11-14H2,1H3,(H,30,33,34). The van der Waals surface area contributed by atoms with Crippen molar-refractivity contribution in [2.24, 2.45) is 0 Å². The van der Waals surface area contributed by atoms with E-state index in [1.54, 1.807) is 29.3 Å². The summed E-state index contributed by atoms with van der Waals surface area (Å²) in [6.45, 7) is 4.66. The fourth-order valence-corrected chi connectivity index (χ4v) is 4.30. The summed E-state index contributed by atoms with van der Waals surface area (Å²) < 4.78 is 21.6. The van der Waals surface area contributed by atoms with Crippen molar-refractivity contribution in [1.29, 1.82) is 0 Å². The molecule has 0 aliphatic carbocycles. The number of hydrogen-bond donors (Lipinski definition) is 1. The summed E-state index contributed by atoms with van der Waals surface area (Å²) in [5.41, 5.74) is 5.45. The summed E-state index contributed by atoms with van der Waals surface area (Å²) in [5.74, 6) is 0.679. The number of nitrogens with one attached hydrogen (secondary N) is 1. The molecule has 1 N–H and O–H groups in total. The molecule has 0 radical (unpaired) electrons. The Hall–Kier alpha value is -4.70. The van der Waals surface area contributed by atoms with Crippen LogP contribution in [-0.4, -0.2) is 56.0 Å². The normalized spacial score (nSPS) is 13.5. The lowest BCUT2D eigenvalue weighted by Gasteiger charge is -2.29. The molecule has 0 atom stereocenters. The molecule has 9 nitrogen and oxygen atoms in total. The molecule has 1 saturated heterocycles. The maximum absolute atomic E-state index is 14.5. The molecule has 4 heterocycles. The number of halogens is 1. The molecule has 10 heteroatoms. The Morgan fingerprint density at radius 2 is 1.71 bits per heavy atom. The average Bonchev–Trinajstić information content (AvgIpc) is 3.44. The highest BCUT2D eigenvalue weighted by molar-refractivity contribution is 5.67. The van der Waals surface area contributed by atoms with Crippen LogP contribution in [-0.2, 0) is 4.74 Å². The largest absolute Gasteiger partial charge is 0.378 e. The second kappa shape index (κ2) is 10.3. The van der Waals surface area contributed by atoms with E-state index in [0.717, 1.165) is 41.5 Å². The third-order valence-corrected chi connectivity index (χ3v) is 6.21. The third kappa shape index (κ3) is 5.21. The molecular weight excluding hydrogens is 483 g/mol. The summed E-state index contributed by atoms with van der Waals surface area (Å²) in [5, 5.41) is 7.78. The number of benzene rings is 2. The number of nitrogens with zero attached hydrogens (tertiary/aromatic N) is 7. The van der Waals surface area contributed by atoms with E-state index in [9.17, 15) is 4.39 Å². The zero-order valence-corrected chi connectivity index (χ0v) is 20.8. The monoisotopic (exact) mass is 508 g/mol. The van der Waals surface area contributed by atoms with Gasteiger partial charge in [-0.1, -0.05) is 6.07 Å². The van der Waals surface area contributed by atoms with Gasteiger partial charge >= 0.3 is 0 Å². The zero-order chi connectivity index (χ0) is 25.9. The van der Waals surface area contributed by atoms with E-state index in [1.807, 2.05) is 55.5 Å². The lowest BCUT2D eigenvalue weighted by atomic mass is 10.1. The van der Waals surface area contributed by atoms with E-state index >= 15 is 0 Å². The summed E-state index contributed by atoms with van der Waals surface area (Å²) in [4.78, 5) is 20.0. The second-order valence-corrected chi connectivity index (χ2v) is 8.91. The smallest absolute Gasteiger partial charge is 0.227 e. The van der Waals surface area contributed by atoms with Gasteiger partial charge in [-0.25, -0.2) is 29.0 Å². The van der Waals surface area contributed by atoms with E-state index in [-0.39, 0.29) is 5.82 Å². The molecule has 2 aromatic carbocycles. The van der Waals surface area contributed by atoms with Gasteiger partial charge in [0.25, 0.3) is 0 Å². The molecule has 3 aromatic heterocycles. The average molecular weight is 509 g/mol. The van der Waals surface area contributed by atoms with E-state index in [0.29, 0.717) is 36.2 Å². The summed E-state index contributed by atoms with van der Waals surface area (Å²) in [6, 6.07) is 20.2. The number of pyridine rings is 1. The topological polar surface area (TPSA) is 93.9 Å². The van der Waals surface area contributed by atoms with E-state index in [4.69, 9.17) is 4.74 Å². The van der Waals surface area contributed by atoms with Crippen molar-refractivity contribution in [1.82, 2.24) is 29.7 Å². The molecule has 0 unspecified atom stereocenters. The Balaban J connectivity index is 1.18. The minimum absolute atomic E-state index is 0.304. The first kappa shape index (κ1) is 23.7.